The van der Waals surface area contributed by atoms with E-state index in [0.717, 1.165) is 32.5 Å². The Morgan fingerprint density at radius 2 is 1.75 bits per heavy atom. The summed E-state index contributed by atoms with van der Waals surface area (Å²) in [6, 6.07) is 0. The Morgan fingerprint density at radius 1 is 1.08 bits per heavy atom. The maximum absolute atomic E-state index is 5.64. The topological polar surface area (TPSA) is 18.5 Å². The van der Waals surface area contributed by atoms with Crippen LogP contribution in [0.15, 0.2) is 11.1 Å². The van der Waals surface area contributed by atoms with Crippen LogP contribution in [0.25, 0.3) is 0 Å². The first-order valence-electron chi connectivity index (χ1n) is 4.65. The number of hydrogen-bond donors (Lipinski definition) is 0. The van der Waals surface area contributed by atoms with Gasteiger partial charge in [0.1, 0.15) is 0 Å². The summed E-state index contributed by atoms with van der Waals surface area (Å²) >= 11 is 0. The van der Waals surface area contributed by atoms with E-state index >= 15 is 0 Å². The minimum atomic E-state index is -0.233. The van der Waals surface area contributed by atoms with Gasteiger partial charge >= 0.3 is 0 Å². The molecule has 0 aromatic heterocycles. The van der Waals surface area contributed by atoms with Gasteiger partial charge in [-0.2, -0.15) is 0 Å². The van der Waals surface area contributed by atoms with E-state index in [1.165, 1.54) is 11.1 Å². The summed E-state index contributed by atoms with van der Waals surface area (Å²) in [6.07, 6.45) is 3.14. The highest BCUT2D eigenvalue weighted by Gasteiger charge is 2.38. The molecule has 68 valence electrons. The molecule has 0 saturated carbocycles. The van der Waals surface area contributed by atoms with Crippen molar-refractivity contribution in [2.75, 3.05) is 13.2 Å². The summed E-state index contributed by atoms with van der Waals surface area (Å²) in [7, 11) is 0. The third kappa shape index (κ3) is 1.29. The van der Waals surface area contributed by atoms with Crippen LogP contribution >= 0.6 is 0 Å². The van der Waals surface area contributed by atoms with Crippen molar-refractivity contribution in [3.8, 4) is 0 Å². The van der Waals surface area contributed by atoms with E-state index in [0.29, 0.717) is 0 Å². The summed E-state index contributed by atoms with van der Waals surface area (Å²) < 4.78 is 11.3. The summed E-state index contributed by atoms with van der Waals surface area (Å²) in [5.74, 6) is -0.233. The van der Waals surface area contributed by atoms with Crippen LogP contribution in [0, 0.1) is 0 Å². The van der Waals surface area contributed by atoms with Crippen molar-refractivity contribution < 1.29 is 9.47 Å². The Hall–Kier alpha value is -0.340. The van der Waals surface area contributed by atoms with Crippen LogP contribution in [0.2, 0.25) is 0 Å². The SMILES string of the molecule is CC1=C(C)CC2(CC1)OCCO2. The molecular formula is C10H16O2. The first-order valence-corrected chi connectivity index (χ1v) is 4.65. The average Bonchev–Trinajstić information content (AvgIpc) is 2.47. The van der Waals surface area contributed by atoms with Crippen LogP contribution in [0.3, 0.4) is 0 Å². The lowest BCUT2D eigenvalue weighted by Gasteiger charge is -2.32. The van der Waals surface area contributed by atoms with Crippen LogP contribution in [0.4, 0.5) is 0 Å². The van der Waals surface area contributed by atoms with E-state index < -0.39 is 0 Å². The summed E-state index contributed by atoms with van der Waals surface area (Å²) in [5, 5.41) is 0. The Labute approximate surface area is 73.5 Å². The van der Waals surface area contributed by atoms with E-state index in [4.69, 9.17) is 9.47 Å². The molecule has 0 unspecified atom stereocenters. The highest BCUT2D eigenvalue weighted by molar-refractivity contribution is 5.16. The first-order chi connectivity index (χ1) is 5.72. The molecule has 1 saturated heterocycles. The van der Waals surface area contributed by atoms with Crippen molar-refractivity contribution in [2.45, 2.75) is 38.9 Å². The Kier molecular flexibility index (Phi) is 1.97. The molecule has 0 bridgehead atoms. The van der Waals surface area contributed by atoms with Gasteiger partial charge in [-0.3, -0.25) is 0 Å². The second-order valence-corrected chi connectivity index (χ2v) is 3.85. The smallest absolute Gasteiger partial charge is 0.172 e. The minimum absolute atomic E-state index is 0.233. The van der Waals surface area contributed by atoms with E-state index in [1.807, 2.05) is 0 Å². The monoisotopic (exact) mass is 168 g/mol. The minimum Gasteiger partial charge on any atom is -0.347 e. The van der Waals surface area contributed by atoms with Gasteiger partial charge < -0.3 is 9.47 Å². The Bertz CT molecular complexity index is 212. The molecule has 12 heavy (non-hydrogen) atoms. The normalized spacial score (nSPS) is 28.5. The highest BCUT2D eigenvalue weighted by atomic mass is 16.7. The highest BCUT2D eigenvalue weighted by Crippen LogP contribution is 2.38. The molecule has 2 nitrogen and oxygen atoms in total. The number of ether oxygens (including phenoxy) is 2. The largest absolute Gasteiger partial charge is 0.347 e. The fourth-order valence-corrected chi connectivity index (χ4v) is 1.98. The van der Waals surface area contributed by atoms with Gasteiger partial charge in [0.05, 0.1) is 13.2 Å². The Morgan fingerprint density at radius 3 is 2.33 bits per heavy atom. The quantitative estimate of drug-likeness (QED) is 0.516. The number of allylic oxidation sites excluding steroid dienone is 1. The second kappa shape index (κ2) is 2.86. The molecule has 1 fully saturated rings. The van der Waals surface area contributed by atoms with Gasteiger partial charge in [-0.15, -0.1) is 0 Å². The van der Waals surface area contributed by atoms with E-state index in [-0.39, 0.29) is 5.79 Å². The van der Waals surface area contributed by atoms with Crippen molar-refractivity contribution in [3.63, 3.8) is 0 Å². The number of hydrogen-bond acceptors (Lipinski definition) is 2. The number of rotatable bonds is 0. The summed E-state index contributed by atoms with van der Waals surface area (Å²) in [6.45, 7) is 5.93. The second-order valence-electron chi connectivity index (χ2n) is 3.85. The first kappa shape index (κ1) is 8.27. The van der Waals surface area contributed by atoms with Crippen molar-refractivity contribution in [1.82, 2.24) is 0 Å². The zero-order valence-electron chi connectivity index (χ0n) is 7.85. The molecule has 0 aromatic rings. The molecule has 1 aliphatic heterocycles. The van der Waals surface area contributed by atoms with Crippen molar-refractivity contribution in [2.24, 2.45) is 0 Å². The van der Waals surface area contributed by atoms with Crippen LogP contribution in [-0.2, 0) is 9.47 Å². The predicted octanol–water partition coefficient (Wildman–Crippen LogP) is 2.25. The van der Waals surface area contributed by atoms with Crippen molar-refractivity contribution in [1.29, 1.82) is 0 Å². The Balaban J connectivity index is 2.13. The lowest BCUT2D eigenvalue weighted by Crippen LogP contribution is -2.33. The fraction of sp³-hybridized carbons (Fsp3) is 0.800. The molecule has 1 aliphatic carbocycles. The predicted molar refractivity (Wildman–Crippen MR) is 46.9 cm³/mol. The van der Waals surface area contributed by atoms with E-state index in [9.17, 15) is 0 Å². The van der Waals surface area contributed by atoms with E-state index in [2.05, 4.69) is 13.8 Å². The molecule has 1 spiro atoms. The lowest BCUT2D eigenvalue weighted by molar-refractivity contribution is -0.163. The maximum Gasteiger partial charge on any atom is 0.172 e. The molecule has 1 heterocycles. The molecular weight excluding hydrogens is 152 g/mol. The average molecular weight is 168 g/mol. The van der Waals surface area contributed by atoms with Crippen molar-refractivity contribution >= 4 is 0 Å². The van der Waals surface area contributed by atoms with Gasteiger partial charge in [0.25, 0.3) is 0 Å². The zero-order chi connectivity index (χ0) is 8.60. The molecule has 0 radical (unpaired) electrons. The van der Waals surface area contributed by atoms with Gasteiger partial charge in [0, 0.05) is 12.8 Å². The van der Waals surface area contributed by atoms with Gasteiger partial charge in [0.15, 0.2) is 5.79 Å². The molecule has 0 aromatic carbocycles. The zero-order valence-corrected chi connectivity index (χ0v) is 7.85. The third-order valence-electron chi connectivity index (χ3n) is 2.96. The lowest BCUT2D eigenvalue weighted by atomic mass is 9.89. The molecule has 0 amide bonds. The van der Waals surface area contributed by atoms with Gasteiger partial charge in [-0.05, 0) is 20.3 Å². The standard InChI is InChI=1S/C10H16O2/c1-8-3-4-10(7-9(8)2)11-5-6-12-10/h3-7H2,1-2H3. The maximum atomic E-state index is 5.64. The van der Waals surface area contributed by atoms with Gasteiger partial charge in [-0.25, -0.2) is 0 Å². The van der Waals surface area contributed by atoms with Crippen molar-refractivity contribution in [3.05, 3.63) is 11.1 Å². The molecule has 2 rings (SSSR count). The molecule has 2 aliphatic rings. The summed E-state index contributed by atoms with van der Waals surface area (Å²) in [5.41, 5.74) is 2.96. The summed E-state index contributed by atoms with van der Waals surface area (Å²) in [4.78, 5) is 0. The van der Waals surface area contributed by atoms with Gasteiger partial charge in [0.2, 0.25) is 0 Å². The fourth-order valence-electron chi connectivity index (χ4n) is 1.98. The van der Waals surface area contributed by atoms with Gasteiger partial charge in [-0.1, -0.05) is 11.1 Å². The van der Waals surface area contributed by atoms with Crippen LogP contribution in [0.5, 0.6) is 0 Å². The van der Waals surface area contributed by atoms with Crippen LogP contribution in [-0.4, -0.2) is 19.0 Å². The molecule has 0 N–H and O–H groups in total. The molecule has 2 heteroatoms. The van der Waals surface area contributed by atoms with Crippen LogP contribution in [0.1, 0.15) is 33.1 Å². The van der Waals surface area contributed by atoms with E-state index in [1.54, 1.807) is 0 Å². The van der Waals surface area contributed by atoms with Crippen LogP contribution < -0.4 is 0 Å². The third-order valence-corrected chi connectivity index (χ3v) is 2.96. The molecule has 0 atom stereocenters.